The summed E-state index contributed by atoms with van der Waals surface area (Å²) < 4.78 is 47.4. The Morgan fingerprint density at radius 1 is 1.28 bits per heavy atom. The van der Waals surface area contributed by atoms with Crippen LogP contribution in [0.2, 0.25) is 0 Å². The second kappa shape index (κ2) is 11.4. The number of nitrogens with zero attached hydrogens (tertiary/aromatic N) is 3. The maximum atomic E-state index is 13.6. The molecule has 0 saturated carbocycles. The van der Waals surface area contributed by atoms with Crippen molar-refractivity contribution < 1.29 is 17.9 Å². The van der Waals surface area contributed by atoms with E-state index in [2.05, 4.69) is 15.4 Å². The van der Waals surface area contributed by atoms with Gasteiger partial charge in [-0.05, 0) is 51.0 Å². The lowest BCUT2D eigenvalue weighted by Gasteiger charge is -2.14. The number of nitrogens with one attached hydrogen (secondary N) is 1. The zero-order valence-corrected chi connectivity index (χ0v) is 19.0. The SMILES string of the molecule is CCOCCCNC(N)=NCc1ccc(-n2nc(C)cc2C)cc1C(F)(F)F.I. The molecule has 0 amide bonds. The second-order valence-electron chi connectivity index (χ2n) is 6.36. The third kappa shape index (κ3) is 7.50. The number of benzene rings is 1. The van der Waals surface area contributed by atoms with E-state index in [0.717, 1.165) is 23.9 Å². The molecule has 162 valence electrons. The summed E-state index contributed by atoms with van der Waals surface area (Å²) in [5.74, 6) is 0.104. The number of aliphatic imine (C=N–C) groups is 1. The van der Waals surface area contributed by atoms with Gasteiger partial charge in [0.1, 0.15) is 0 Å². The lowest BCUT2D eigenvalue weighted by Crippen LogP contribution is -2.33. The minimum atomic E-state index is -4.50. The van der Waals surface area contributed by atoms with Gasteiger partial charge < -0.3 is 15.8 Å². The van der Waals surface area contributed by atoms with Crippen molar-refractivity contribution in [3.8, 4) is 5.69 Å². The fourth-order valence-electron chi connectivity index (χ4n) is 2.75. The summed E-state index contributed by atoms with van der Waals surface area (Å²) in [6, 6.07) is 5.92. The first kappa shape index (κ1) is 25.2. The quantitative estimate of drug-likeness (QED) is 0.237. The fourth-order valence-corrected chi connectivity index (χ4v) is 2.75. The Morgan fingerprint density at radius 2 is 2.00 bits per heavy atom. The van der Waals surface area contributed by atoms with Crippen LogP contribution in [-0.2, 0) is 17.5 Å². The first-order chi connectivity index (χ1) is 13.2. The molecule has 0 radical (unpaired) electrons. The molecule has 0 aliphatic rings. The molecule has 1 heterocycles. The maximum Gasteiger partial charge on any atom is 0.416 e. The Bertz CT molecular complexity index is 821. The topological polar surface area (TPSA) is 77.5 Å². The molecule has 0 aliphatic heterocycles. The van der Waals surface area contributed by atoms with E-state index in [0.29, 0.717) is 25.4 Å². The first-order valence-corrected chi connectivity index (χ1v) is 9.07. The molecular weight excluding hydrogens is 498 g/mol. The largest absolute Gasteiger partial charge is 0.416 e. The number of rotatable bonds is 8. The molecule has 3 N–H and O–H groups in total. The van der Waals surface area contributed by atoms with E-state index in [4.69, 9.17) is 10.5 Å². The highest BCUT2D eigenvalue weighted by molar-refractivity contribution is 14.0. The van der Waals surface area contributed by atoms with Gasteiger partial charge >= 0.3 is 6.18 Å². The predicted molar refractivity (Wildman–Crippen MR) is 118 cm³/mol. The Morgan fingerprint density at radius 3 is 2.59 bits per heavy atom. The third-order valence-corrected chi connectivity index (χ3v) is 4.05. The average molecular weight is 525 g/mol. The summed E-state index contributed by atoms with van der Waals surface area (Å²) in [6.45, 7) is 7.08. The highest BCUT2D eigenvalue weighted by Crippen LogP contribution is 2.34. The summed E-state index contributed by atoms with van der Waals surface area (Å²) in [6.07, 6.45) is -3.77. The van der Waals surface area contributed by atoms with Crippen LogP contribution in [0.4, 0.5) is 13.2 Å². The van der Waals surface area contributed by atoms with E-state index >= 15 is 0 Å². The van der Waals surface area contributed by atoms with Crippen molar-refractivity contribution in [3.05, 3.63) is 46.8 Å². The maximum absolute atomic E-state index is 13.6. The van der Waals surface area contributed by atoms with Gasteiger partial charge in [0.2, 0.25) is 0 Å². The van der Waals surface area contributed by atoms with Crippen LogP contribution in [0.1, 0.15) is 35.9 Å². The Balaban J connectivity index is 0.00000420. The molecule has 1 aromatic heterocycles. The summed E-state index contributed by atoms with van der Waals surface area (Å²) >= 11 is 0. The number of halogens is 4. The zero-order chi connectivity index (χ0) is 20.7. The summed E-state index contributed by atoms with van der Waals surface area (Å²) in [5.41, 5.74) is 6.90. The minimum Gasteiger partial charge on any atom is -0.382 e. The molecule has 0 atom stereocenters. The van der Waals surface area contributed by atoms with E-state index in [-0.39, 0.29) is 42.0 Å². The molecule has 0 unspecified atom stereocenters. The van der Waals surface area contributed by atoms with Crippen LogP contribution in [0, 0.1) is 13.8 Å². The molecular formula is C19H27F3IN5O. The van der Waals surface area contributed by atoms with Crippen molar-refractivity contribution in [2.75, 3.05) is 19.8 Å². The van der Waals surface area contributed by atoms with Crippen LogP contribution in [0.15, 0.2) is 29.3 Å². The average Bonchev–Trinajstić information content (AvgIpc) is 2.97. The lowest BCUT2D eigenvalue weighted by molar-refractivity contribution is -0.138. The van der Waals surface area contributed by atoms with Crippen LogP contribution in [0.25, 0.3) is 5.69 Å². The van der Waals surface area contributed by atoms with E-state index < -0.39 is 11.7 Å². The zero-order valence-electron chi connectivity index (χ0n) is 16.7. The van der Waals surface area contributed by atoms with Gasteiger partial charge in [-0.25, -0.2) is 9.67 Å². The Hall–Kier alpha value is -1.82. The molecule has 0 bridgehead atoms. The van der Waals surface area contributed by atoms with Gasteiger partial charge in [0.15, 0.2) is 5.96 Å². The van der Waals surface area contributed by atoms with Crippen LogP contribution in [-0.4, -0.2) is 35.5 Å². The smallest absolute Gasteiger partial charge is 0.382 e. The van der Waals surface area contributed by atoms with Crippen LogP contribution in [0.3, 0.4) is 0 Å². The molecule has 0 fully saturated rings. The predicted octanol–water partition coefficient (Wildman–Crippen LogP) is 3.96. The number of aromatic nitrogens is 2. The fraction of sp³-hybridized carbons (Fsp3) is 0.474. The van der Waals surface area contributed by atoms with Crippen molar-refractivity contribution in [1.29, 1.82) is 0 Å². The number of hydrogen-bond acceptors (Lipinski definition) is 3. The van der Waals surface area contributed by atoms with Gasteiger partial charge in [-0.1, -0.05) is 6.07 Å². The summed E-state index contributed by atoms with van der Waals surface area (Å²) in [4.78, 5) is 4.03. The standard InChI is InChI=1S/C19H26F3N5O.HI/c1-4-28-9-5-8-24-18(23)25-12-15-6-7-16(11-17(15)19(20,21)22)27-14(3)10-13(2)26-27;/h6-7,10-11H,4-5,8-9,12H2,1-3H3,(H3,23,24,25);1H. The highest BCUT2D eigenvalue weighted by Gasteiger charge is 2.33. The van der Waals surface area contributed by atoms with Crippen molar-refractivity contribution in [2.45, 2.75) is 39.9 Å². The Labute approximate surface area is 185 Å². The van der Waals surface area contributed by atoms with Gasteiger partial charge in [0, 0.05) is 25.5 Å². The number of ether oxygens (including phenoxy) is 1. The van der Waals surface area contributed by atoms with E-state index in [1.165, 1.54) is 10.7 Å². The van der Waals surface area contributed by atoms with Crippen molar-refractivity contribution in [2.24, 2.45) is 10.7 Å². The van der Waals surface area contributed by atoms with E-state index in [9.17, 15) is 13.2 Å². The molecule has 0 saturated heterocycles. The highest BCUT2D eigenvalue weighted by atomic mass is 127. The molecule has 6 nitrogen and oxygen atoms in total. The van der Waals surface area contributed by atoms with Gasteiger partial charge in [-0.15, -0.1) is 24.0 Å². The van der Waals surface area contributed by atoms with Crippen molar-refractivity contribution in [1.82, 2.24) is 15.1 Å². The Kier molecular flexibility index (Phi) is 9.90. The number of alkyl halides is 3. The van der Waals surface area contributed by atoms with Crippen LogP contribution >= 0.6 is 24.0 Å². The monoisotopic (exact) mass is 525 g/mol. The summed E-state index contributed by atoms with van der Waals surface area (Å²) in [7, 11) is 0. The van der Waals surface area contributed by atoms with Crippen molar-refractivity contribution in [3.63, 3.8) is 0 Å². The lowest BCUT2D eigenvalue weighted by atomic mass is 10.1. The summed E-state index contributed by atoms with van der Waals surface area (Å²) in [5, 5.41) is 7.11. The van der Waals surface area contributed by atoms with Gasteiger partial charge in [-0.3, -0.25) is 0 Å². The molecule has 2 aromatic rings. The number of hydrogen-bond donors (Lipinski definition) is 2. The molecule has 0 spiro atoms. The second-order valence-corrected chi connectivity index (χ2v) is 6.36. The van der Waals surface area contributed by atoms with E-state index in [1.54, 1.807) is 19.9 Å². The third-order valence-electron chi connectivity index (χ3n) is 4.05. The van der Waals surface area contributed by atoms with E-state index in [1.807, 2.05) is 13.0 Å². The number of aryl methyl sites for hydroxylation is 2. The molecule has 2 rings (SSSR count). The molecule has 10 heteroatoms. The normalized spacial score (nSPS) is 12.0. The van der Waals surface area contributed by atoms with Gasteiger partial charge in [0.05, 0.1) is 23.5 Å². The first-order valence-electron chi connectivity index (χ1n) is 9.07. The van der Waals surface area contributed by atoms with Crippen molar-refractivity contribution >= 4 is 29.9 Å². The van der Waals surface area contributed by atoms with Gasteiger partial charge in [-0.2, -0.15) is 18.3 Å². The molecule has 29 heavy (non-hydrogen) atoms. The van der Waals surface area contributed by atoms with Gasteiger partial charge in [0.25, 0.3) is 0 Å². The van der Waals surface area contributed by atoms with Crippen LogP contribution in [0.5, 0.6) is 0 Å². The molecule has 1 aromatic carbocycles. The van der Waals surface area contributed by atoms with Crippen LogP contribution < -0.4 is 11.1 Å². The number of guanidine groups is 1. The molecule has 0 aliphatic carbocycles. The minimum absolute atomic E-state index is 0. The number of nitrogens with two attached hydrogens (primary N) is 1.